The van der Waals surface area contributed by atoms with Crippen LogP contribution in [-0.4, -0.2) is 18.1 Å². The second-order valence-electron chi connectivity index (χ2n) is 4.84. The molecule has 1 unspecified atom stereocenters. The van der Waals surface area contributed by atoms with Crippen LogP contribution in [0.1, 0.15) is 18.1 Å². The molecule has 0 radical (unpaired) electrons. The summed E-state index contributed by atoms with van der Waals surface area (Å²) in [7, 11) is 1.95. The first-order chi connectivity index (χ1) is 9.67. The van der Waals surface area contributed by atoms with E-state index in [1.165, 1.54) is 17.8 Å². The number of nitrogens with one attached hydrogen (secondary N) is 1. The zero-order valence-corrected chi connectivity index (χ0v) is 11.8. The average Bonchev–Trinajstić information content (AvgIpc) is 2.46. The molecule has 0 bridgehead atoms. The summed E-state index contributed by atoms with van der Waals surface area (Å²) in [5.74, 6) is 0.428. The smallest absolute Gasteiger partial charge is 0.141 e. The first-order valence-corrected chi connectivity index (χ1v) is 6.66. The third kappa shape index (κ3) is 4.31. The SMILES string of the molecule is CNC(C)Cc1ccc(OCc2cncc(F)c2)cc1. The van der Waals surface area contributed by atoms with Gasteiger partial charge in [0, 0.05) is 17.8 Å². The number of rotatable bonds is 6. The number of aromatic nitrogens is 1. The van der Waals surface area contributed by atoms with Crippen LogP contribution < -0.4 is 10.1 Å². The number of hydrogen-bond acceptors (Lipinski definition) is 3. The van der Waals surface area contributed by atoms with Crippen molar-refractivity contribution in [3.8, 4) is 5.75 Å². The Bertz CT molecular complexity index is 542. The van der Waals surface area contributed by atoms with Crippen LogP contribution in [0.2, 0.25) is 0 Å². The maximum Gasteiger partial charge on any atom is 0.141 e. The van der Waals surface area contributed by atoms with E-state index in [1.807, 2.05) is 31.3 Å². The minimum Gasteiger partial charge on any atom is -0.489 e. The van der Waals surface area contributed by atoms with E-state index in [-0.39, 0.29) is 5.82 Å². The molecule has 0 fully saturated rings. The molecule has 0 saturated heterocycles. The van der Waals surface area contributed by atoms with Gasteiger partial charge in [-0.25, -0.2) is 4.39 Å². The molecule has 3 nitrogen and oxygen atoms in total. The van der Waals surface area contributed by atoms with Crippen LogP contribution in [-0.2, 0) is 13.0 Å². The monoisotopic (exact) mass is 274 g/mol. The Labute approximate surface area is 118 Å². The highest BCUT2D eigenvalue weighted by Crippen LogP contribution is 2.15. The lowest BCUT2D eigenvalue weighted by Gasteiger charge is -2.11. The van der Waals surface area contributed by atoms with Crippen LogP contribution in [0.4, 0.5) is 4.39 Å². The van der Waals surface area contributed by atoms with Gasteiger partial charge in [0.05, 0.1) is 6.20 Å². The number of likely N-dealkylation sites (N-methyl/N-ethyl adjacent to an activating group) is 1. The molecular weight excluding hydrogens is 255 g/mol. The van der Waals surface area contributed by atoms with Gasteiger partial charge in [-0.2, -0.15) is 0 Å². The Morgan fingerprint density at radius 1 is 1.20 bits per heavy atom. The lowest BCUT2D eigenvalue weighted by Crippen LogP contribution is -2.23. The summed E-state index contributed by atoms with van der Waals surface area (Å²) < 4.78 is 18.6. The predicted molar refractivity (Wildman–Crippen MR) is 77.2 cm³/mol. The largest absolute Gasteiger partial charge is 0.489 e. The van der Waals surface area contributed by atoms with Crippen LogP contribution in [0.15, 0.2) is 42.7 Å². The van der Waals surface area contributed by atoms with Crippen molar-refractivity contribution in [2.24, 2.45) is 0 Å². The van der Waals surface area contributed by atoms with Crippen molar-refractivity contribution in [3.05, 3.63) is 59.7 Å². The standard InChI is InChI=1S/C16H19FN2O/c1-12(18-2)7-13-3-5-16(6-4-13)20-11-14-8-15(17)10-19-9-14/h3-6,8-10,12,18H,7,11H2,1-2H3. The number of nitrogens with zero attached hydrogens (tertiary/aromatic N) is 1. The van der Waals surface area contributed by atoms with E-state index in [0.717, 1.165) is 17.7 Å². The summed E-state index contributed by atoms with van der Waals surface area (Å²) in [6, 6.07) is 9.84. The van der Waals surface area contributed by atoms with E-state index in [0.29, 0.717) is 12.6 Å². The fourth-order valence-corrected chi connectivity index (χ4v) is 1.88. The molecule has 2 aromatic rings. The van der Waals surface area contributed by atoms with E-state index in [4.69, 9.17) is 4.74 Å². The summed E-state index contributed by atoms with van der Waals surface area (Å²) in [6.07, 6.45) is 3.76. The van der Waals surface area contributed by atoms with Gasteiger partial charge in [-0.15, -0.1) is 0 Å². The number of halogens is 1. The molecule has 4 heteroatoms. The van der Waals surface area contributed by atoms with Crippen LogP contribution in [0, 0.1) is 5.82 Å². The maximum absolute atomic E-state index is 13.0. The van der Waals surface area contributed by atoms with Crippen LogP contribution in [0.3, 0.4) is 0 Å². The third-order valence-corrected chi connectivity index (χ3v) is 3.13. The van der Waals surface area contributed by atoms with E-state index < -0.39 is 0 Å². The molecule has 0 saturated carbocycles. The molecular formula is C16H19FN2O. The highest BCUT2D eigenvalue weighted by Gasteiger charge is 2.02. The van der Waals surface area contributed by atoms with Crippen LogP contribution in [0.5, 0.6) is 5.75 Å². The Morgan fingerprint density at radius 2 is 1.95 bits per heavy atom. The molecule has 0 amide bonds. The van der Waals surface area contributed by atoms with Crippen molar-refractivity contribution in [2.75, 3.05) is 7.05 Å². The second-order valence-corrected chi connectivity index (χ2v) is 4.84. The lowest BCUT2D eigenvalue weighted by atomic mass is 10.1. The fourth-order valence-electron chi connectivity index (χ4n) is 1.88. The van der Waals surface area contributed by atoms with Crippen molar-refractivity contribution in [2.45, 2.75) is 26.0 Å². The molecule has 1 aromatic heterocycles. The van der Waals surface area contributed by atoms with Gasteiger partial charge in [-0.1, -0.05) is 12.1 Å². The van der Waals surface area contributed by atoms with Gasteiger partial charge in [0.1, 0.15) is 18.2 Å². The molecule has 1 N–H and O–H groups in total. The zero-order valence-electron chi connectivity index (χ0n) is 11.8. The van der Waals surface area contributed by atoms with Gasteiger partial charge < -0.3 is 10.1 Å². The second kappa shape index (κ2) is 7.01. The van der Waals surface area contributed by atoms with E-state index in [1.54, 1.807) is 6.20 Å². The topological polar surface area (TPSA) is 34.1 Å². The number of pyridine rings is 1. The van der Waals surface area contributed by atoms with Crippen molar-refractivity contribution in [1.29, 1.82) is 0 Å². The van der Waals surface area contributed by atoms with Crippen molar-refractivity contribution < 1.29 is 9.13 Å². The number of benzene rings is 1. The summed E-state index contributed by atoms with van der Waals surface area (Å²) in [5, 5.41) is 3.21. The highest BCUT2D eigenvalue weighted by molar-refractivity contribution is 5.28. The van der Waals surface area contributed by atoms with Crippen molar-refractivity contribution >= 4 is 0 Å². The van der Waals surface area contributed by atoms with Gasteiger partial charge in [0.15, 0.2) is 0 Å². The van der Waals surface area contributed by atoms with E-state index in [2.05, 4.69) is 17.2 Å². The van der Waals surface area contributed by atoms with Gasteiger partial charge in [-0.05, 0) is 44.2 Å². The van der Waals surface area contributed by atoms with Crippen LogP contribution in [0.25, 0.3) is 0 Å². The zero-order chi connectivity index (χ0) is 14.4. The molecule has 0 spiro atoms. The Kier molecular flexibility index (Phi) is 5.07. The number of ether oxygens (including phenoxy) is 1. The quantitative estimate of drug-likeness (QED) is 0.879. The Hall–Kier alpha value is -1.94. The molecule has 1 heterocycles. The summed E-state index contributed by atoms with van der Waals surface area (Å²) >= 11 is 0. The summed E-state index contributed by atoms with van der Waals surface area (Å²) in [4.78, 5) is 3.79. The lowest BCUT2D eigenvalue weighted by molar-refractivity contribution is 0.305. The summed E-state index contributed by atoms with van der Waals surface area (Å²) in [6.45, 7) is 2.46. The van der Waals surface area contributed by atoms with Crippen molar-refractivity contribution in [1.82, 2.24) is 10.3 Å². The highest BCUT2D eigenvalue weighted by atomic mass is 19.1. The third-order valence-electron chi connectivity index (χ3n) is 3.13. The van der Waals surface area contributed by atoms with Crippen molar-refractivity contribution in [3.63, 3.8) is 0 Å². The van der Waals surface area contributed by atoms with E-state index >= 15 is 0 Å². The molecule has 0 aliphatic carbocycles. The minimum atomic E-state index is -0.345. The number of hydrogen-bond donors (Lipinski definition) is 1. The molecule has 1 atom stereocenters. The van der Waals surface area contributed by atoms with E-state index in [9.17, 15) is 4.39 Å². The summed E-state index contributed by atoms with van der Waals surface area (Å²) in [5.41, 5.74) is 1.98. The first-order valence-electron chi connectivity index (χ1n) is 6.66. The predicted octanol–water partition coefficient (Wildman–Crippen LogP) is 2.95. The molecule has 0 aliphatic heterocycles. The van der Waals surface area contributed by atoms with Gasteiger partial charge in [0.2, 0.25) is 0 Å². The molecule has 0 aliphatic rings. The average molecular weight is 274 g/mol. The Morgan fingerprint density at radius 3 is 2.60 bits per heavy atom. The Balaban J connectivity index is 1.90. The molecule has 2 rings (SSSR count). The van der Waals surface area contributed by atoms with Crippen LogP contribution >= 0.6 is 0 Å². The molecule has 106 valence electrons. The van der Waals surface area contributed by atoms with Gasteiger partial charge in [0.25, 0.3) is 0 Å². The van der Waals surface area contributed by atoms with Gasteiger partial charge >= 0.3 is 0 Å². The fraction of sp³-hybridized carbons (Fsp3) is 0.312. The maximum atomic E-state index is 13.0. The first kappa shape index (κ1) is 14.5. The normalized spacial score (nSPS) is 12.2. The molecule has 1 aromatic carbocycles. The minimum absolute atomic E-state index is 0.316. The van der Waals surface area contributed by atoms with Gasteiger partial charge in [-0.3, -0.25) is 4.98 Å². The molecule has 20 heavy (non-hydrogen) atoms.